The van der Waals surface area contributed by atoms with Crippen molar-refractivity contribution in [3.8, 4) is 11.5 Å². The third kappa shape index (κ3) is 8.92. The van der Waals surface area contributed by atoms with Gasteiger partial charge in [0, 0.05) is 42.0 Å². The monoisotopic (exact) mass is 687 g/mol. The highest BCUT2D eigenvalue weighted by atomic mass is 16.3. The Morgan fingerprint density at radius 2 is 1.20 bits per heavy atom. The maximum atomic E-state index is 11.6. The van der Waals surface area contributed by atoms with Gasteiger partial charge in [-0.3, -0.25) is 24.4 Å². The molecule has 2 aromatic carbocycles. The summed E-state index contributed by atoms with van der Waals surface area (Å²) < 4.78 is 2.41. The van der Waals surface area contributed by atoms with Crippen molar-refractivity contribution in [3.05, 3.63) is 57.6 Å². The number of nitrogens with zero attached hydrogens (tertiary/aromatic N) is 5. The molecule has 1 fully saturated rings. The topological polar surface area (TPSA) is 74.7 Å². The number of aliphatic imine (C=N–C) groups is 2. The number of benzene rings is 2. The first-order valence-corrected chi connectivity index (χ1v) is 18.9. The Balaban J connectivity index is 1.60. The van der Waals surface area contributed by atoms with Crippen LogP contribution in [0.15, 0.2) is 34.3 Å². The lowest BCUT2D eigenvalue weighted by molar-refractivity contribution is -0.515. The Kier molecular flexibility index (Phi) is 11.3. The fourth-order valence-corrected chi connectivity index (χ4v) is 6.80. The molecule has 50 heavy (non-hydrogen) atoms. The zero-order valence-electron chi connectivity index (χ0n) is 34.0. The summed E-state index contributed by atoms with van der Waals surface area (Å²) in [5, 5.41) is 23.0. The van der Waals surface area contributed by atoms with E-state index in [0.29, 0.717) is 5.75 Å². The van der Waals surface area contributed by atoms with Crippen LogP contribution in [0.4, 0.5) is 0 Å². The molecule has 2 aromatic rings. The first kappa shape index (κ1) is 39.4. The first-order chi connectivity index (χ1) is 22.9. The second-order valence-electron chi connectivity index (χ2n) is 18.9. The molecule has 276 valence electrons. The lowest BCUT2D eigenvalue weighted by Gasteiger charge is -2.36. The number of hydrogen-bond donors (Lipinski definition) is 2. The average Bonchev–Trinajstić information content (AvgIpc) is 2.99. The Morgan fingerprint density at radius 3 is 1.74 bits per heavy atom. The van der Waals surface area contributed by atoms with E-state index < -0.39 is 11.1 Å². The summed E-state index contributed by atoms with van der Waals surface area (Å²) in [5.41, 5.74) is 4.15. The highest BCUT2D eigenvalue weighted by Gasteiger charge is 2.37. The fourth-order valence-electron chi connectivity index (χ4n) is 6.80. The molecule has 7 nitrogen and oxygen atoms in total. The van der Waals surface area contributed by atoms with Gasteiger partial charge in [0.05, 0.1) is 50.8 Å². The SMILES string of the molecule is C[N+]1=C2N(CCCc3cc(C(C)(C)C)cc(C=NC(C)(C)C(C)(C)N=Cc4cc(C(C)(C)C)cc(C(C)(C)C)c4O)c3O)CCCN2CCC1. The maximum absolute atomic E-state index is 11.6. The molecule has 0 unspecified atom stereocenters. The van der Waals surface area contributed by atoms with E-state index in [1.54, 1.807) is 0 Å². The van der Waals surface area contributed by atoms with Gasteiger partial charge in [-0.25, -0.2) is 0 Å². The molecular formula is C43H68N5O2+. The summed E-state index contributed by atoms with van der Waals surface area (Å²) >= 11 is 0. The van der Waals surface area contributed by atoms with E-state index in [1.165, 1.54) is 29.9 Å². The molecule has 0 amide bonds. The largest absolute Gasteiger partial charge is 0.507 e. The Labute approximate surface area is 304 Å². The molecule has 2 aliphatic rings. The van der Waals surface area contributed by atoms with Crippen LogP contribution in [0.25, 0.3) is 0 Å². The first-order valence-electron chi connectivity index (χ1n) is 18.9. The van der Waals surface area contributed by atoms with Crippen LogP contribution in [0, 0.1) is 0 Å². The van der Waals surface area contributed by atoms with Gasteiger partial charge in [0.15, 0.2) is 0 Å². The maximum Gasteiger partial charge on any atom is 0.350 e. The molecule has 7 heteroatoms. The number of hydrogen-bond acceptors (Lipinski definition) is 6. The van der Waals surface area contributed by atoms with E-state index in [-0.39, 0.29) is 22.0 Å². The van der Waals surface area contributed by atoms with Crippen molar-refractivity contribution < 1.29 is 14.8 Å². The minimum Gasteiger partial charge on any atom is -0.507 e. The van der Waals surface area contributed by atoms with Crippen LogP contribution in [0.3, 0.4) is 0 Å². The predicted octanol–water partition coefficient (Wildman–Crippen LogP) is 8.43. The van der Waals surface area contributed by atoms with Crippen molar-refractivity contribution >= 4 is 18.4 Å². The summed E-state index contributed by atoms with van der Waals surface area (Å²) in [5.74, 6) is 1.98. The number of phenols is 2. The summed E-state index contributed by atoms with van der Waals surface area (Å²) in [7, 11) is 2.22. The summed E-state index contributed by atoms with van der Waals surface area (Å²) in [6.45, 7) is 33.4. The van der Waals surface area contributed by atoms with E-state index >= 15 is 0 Å². The van der Waals surface area contributed by atoms with E-state index in [0.717, 1.165) is 67.8 Å². The number of aromatic hydroxyl groups is 2. The van der Waals surface area contributed by atoms with Gasteiger partial charge in [-0.05, 0) is 85.6 Å². The smallest absolute Gasteiger partial charge is 0.350 e. The van der Waals surface area contributed by atoms with Crippen molar-refractivity contribution in [2.24, 2.45) is 9.98 Å². The van der Waals surface area contributed by atoms with Gasteiger partial charge in [-0.15, -0.1) is 0 Å². The molecule has 4 rings (SSSR count). The average molecular weight is 687 g/mol. The highest BCUT2D eigenvalue weighted by molar-refractivity contribution is 5.86. The predicted molar refractivity (Wildman–Crippen MR) is 212 cm³/mol. The molecule has 0 aromatic heterocycles. The minimum absolute atomic E-state index is 0.0718. The summed E-state index contributed by atoms with van der Waals surface area (Å²) in [4.78, 5) is 15.2. The second-order valence-corrected chi connectivity index (χ2v) is 18.9. The van der Waals surface area contributed by atoms with Crippen molar-refractivity contribution in [2.45, 2.75) is 143 Å². The van der Waals surface area contributed by atoms with Gasteiger partial charge in [0.25, 0.3) is 0 Å². The van der Waals surface area contributed by atoms with Gasteiger partial charge < -0.3 is 10.2 Å². The van der Waals surface area contributed by atoms with Crippen LogP contribution in [-0.4, -0.2) is 93.8 Å². The van der Waals surface area contributed by atoms with Gasteiger partial charge >= 0.3 is 5.96 Å². The second kappa shape index (κ2) is 14.3. The Bertz CT molecular complexity index is 1630. The fraction of sp³-hybridized carbons (Fsp3) is 0.651. The van der Waals surface area contributed by atoms with Crippen LogP contribution >= 0.6 is 0 Å². The molecular weight excluding hydrogens is 619 g/mol. The minimum atomic E-state index is -0.610. The summed E-state index contributed by atoms with van der Waals surface area (Å²) in [6.07, 6.45) is 7.85. The molecule has 0 aliphatic carbocycles. The number of guanidine groups is 1. The van der Waals surface area contributed by atoms with Gasteiger partial charge in [-0.1, -0.05) is 74.4 Å². The quantitative estimate of drug-likeness (QED) is 0.205. The van der Waals surface area contributed by atoms with Crippen molar-refractivity contribution in [1.29, 1.82) is 0 Å². The van der Waals surface area contributed by atoms with E-state index in [1.807, 2.05) is 12.4 Å². The van der Waals surface area contributed by atoms with Crippen LogP contribution in [0.1, 0.15) is 143 Å². The molecule has 1 saturated heterocycles. The standard InChI is InChI=1S/C43H67N5O2/c1-39(2,3)33-24-30(18-15-20-47-22-17-23-48-21-16-19-46(14)38(47)48)36(49)31(25-33)28-44-42(10,11)43(12,13)45-29-32-26-34(40(4,5)6)27-35(37(32)50)41(7,8)9/h24-29H,15-23H2,1-14H3,(H-,44,45,49,50)/p+1. The number of aryl methyl sites for hydroxylation is 1. The molecule has 0 radical (unpaired) electrons. The highest BCUT2D eigenvalue weighted by Crippen LogP contribution is 2.38. The van der Waals surface area contributed by atoms with E-state index in [4.69, 9.17) is 9.98 Å². The van der Waals surface area contributed by atoms with Crippen molar-refractivity contribution in [3.63, 3.8) is 0 Å². The lowest BCUT2D eigenvalue weighted by Crippen LogP contribution is -2.57. The molecule has 0 spiro atoms. The van der Waals surface area contributed by atoms with Gasteiger partial charge in [0.1, 0.15) is 11.5 Å². The van der Waals surface area contributed by atoms with Crippen molar-refractivity contribution in [2.75, 3.05) is 39.8 Å². The number of phenolic OH excluding ortho intramolecular Hbond substituents is 2. The molecule has 0 saturated carbocycles. The molecule has 0 bridgehead atoms. The third-order valence-electron chi connectivity index (χ3n) is 11.0. The summed E-state index contributed by atoms with van der Waals surface area (Å²) in [6, 6.07) is 8.48. The molecule has 2 N–H and O–H groups in total. The van der Waals surface area contributed by atoms with Gasteiger partial charge in [-0.2, -0.15) is 0 Å². The number of rotatable bonds is 9. The molecule has 2 aliphatic heterocycles. The zero-order chi connectivity index (χ0) is 37.4. The third-order valence-corrected chi connectivity index (χ3v) is 11.0. The van der Waals surface area contributed by atoms with Crippen LogP contribution in [0.5, 0.6) is 11.5 Å². The number of fused-ring (bicyclic) bond motifs is 1. The van der Waals surface area contributed by atoms with Crippen LogP contribution < -0.4 is 0 Å². The molecule has 2 heterocycles. The van der Waals surface area contributed by atoms with E-state index in [2.05, 4.69) is 136 Å². The van der Waals surface area contributed by atoms with E-state index in [9.17, 15) is 10.2 Å². The zero-order valence-corrected chi connectivity index (χ0v) is 34.0. The van der Waals surface area contributed by atoms with Gasteiger partial charge in [0.2, 0.25) is 0 Å². The van der Waals surface area contributed by atoms with Crippen molar-refractivity contribution in [1.82, 2.24) is 9.80 Å². The Morgan fingerprint density at radius 1 is 0.680 bits per heavy atom. The Hall–Kier alpha value is -3.35. The van der Waals surface area contributed by atoms with Crippen LogP contribution in [-0.2, 0) is 22.7 Å². The normalized spacial score (nSPS) is 17.0. The lowest BCUT2D eigenvalue weighted by atomic mass is 9.79. The van der Waals surface area contributed by atoms with Crippen LogP contribution in [0.2, 0.25) is 0 Å². The molecule has 0 atom stereocenters.